The monoisotopic (exact) mass is 568 g/mol. The van der Waals surface area contributed by atoms with Gasteiger partial charge in [-0.25, -0.2) is 0 Å². The number of carbonyl (C=O) groups is 2. The van der Waals surface area contributed by atoms with E-state index in [0.29, 0.717) is 23.4 Å². The smallest absolute Gasteiger partial charge is 0.251 e. The van der Waals surface area contributed by atoms with Gasteiger partial charge in [0.2, 0.25) is 5.91 Å². The van der Waals surface area contributed by atoms with Gasteiger partial charge in [0.15, 0.2) is 0 Å². The molecule has 0 aliphatic carbocycles. The largest absolute Gasteiger partial charge is 0.506 e. The number of anilines is 1. The maximum atomic E-state index is 13.6. The van der Waals surface area contributed by atoms with Crippen molar-refractivity contribution in [2.24, 2.45) is 0 Å². The summed E-state index contributed by atoms with van der Waals surface area (Å²) in [5.74, 6) is 0.103. The van der Waals surface area contributed by atoms with Crippen LogP contribution in [0.2, 0.25) is 0 Å². The predicted molar refractivity (Wildman–Crippen MR) is 166 cm³/mol. The molecule has 0 radical (unpaired) electrons. The molecule has 0 spiro atoms. The van der Waals surface area contributed by atoms with Gasteiger partial charge in [-0.05, 0) is 70.6 Å². The van der Waals surface area contributed by atoms with Crippen LogP contribution >= 0.6 is 0 Å². The molecule has 43 heavy (non-hydrogen) atoms. The SMILES string of the molecule is O=C(NC(Cc1cc2ccccc2[nH]1)C(=O)Nc1ccc2c(c1)OCC2)c1cccc(-c2cc(O)c3ncccc3c2)c1. The molecule has 212 valence electrons. The first-order valence-corrected chi connectivity index (χ1v) is 14.1. The van der Waals surface area contributed by atoms with Crippen LogP contribution in [-0.4, -0.2) is 39.5 Å². The zero-order valence-electron chi connectivity index (χ0n) is 23.1. The summed E-state index contributed by atoms with van der Waals surface area (Å²) in [6.45, 7) is 0.626. The highest BCUT2D eigenvalue weighted by atomic mass is 16.5. The Hall–Kier alpha value is -5.63. The number of ether oxygens (including phenoxy) is 1. The molecule has 3 heterocycles. The normalized spacial score (nSPS) is 12.9. The number of nitrogens with zero attached hydrogens (tertiary/aromatic N) is 1. The van der Waals surface area contributed by atoms with Crippen LogP contribution in [0.1, 0.15) is 21.6 Å². The Morgan fingerprint density at radius 2 is 1.79 bits per heavy atom. The van der Waals surface area contributed by atoms with Crippen molar-refractivity contribution in [3.63, 3.8) is 0 Å². The summed E-state index contributed by atoms with van der Waals surface area (Å²) in [7, 11) is 0. The number of nitrogens with one attached hydrogen (secondary N) is 3. The lowest BCUT2D eigenvalue weighted by Gasteiger charge is -2.19. The lowest BCUT2D eigenvalue weighted by atomic mass is 10.00. The average Bonchev–Trinajstić information content (AvgIpc) is 3.67. The summed E-state index contributed by atoms with van der Waals surface area (Å²) in [4.78, 5) is 34.9. The highest BCUT2D eigenvalue weighted by molar-refractivity contribution is 6.02. The van der Waals surface area contributed by atoms with Crippen LogP contribution in [0.5, 0.6) is 11.5 Å². The van der Waals surface area contributed by atoms with Gasteiger partial charge in [0.1, 0.15) is 23.1 Å². The Morgan fingerprint density at radius 1 is 0.907 bits per heavy atom. The number of pyridine rings is 1. The van der Waals surface area contributed by atoms with Crippen molar-refractivity contribution in [3.8, 4) is 22.6 Å². The summed E-state index contributed by atoms with van der Waals surface area (Å²) in [6, 6.07) is 29.0. The maximum absolute atomic E-state index is 13.6. The molecule has 7 rings (SSSR count). The number of amides is 2. The molecule has 0 bridgehead atoms. The van der Waals surface area contributed by atoms with Crippen LogP contribution in [0.3, 0.4) is 0 Å². The molecule has 1 aliphatic rings. The quantitative estimate of drug-likeness (QED) is 0.188. The third kappa shape index (κ3) is 5.38. The number of aromatic amines is 1. The number of para-hydroxylation sites is 1. The summed E-state index contributed by atoms with van der Waals surface area (Å²) in [6.07, 6.45) is 2.74. The molecule has 4 aromatic carbocycles. The minimum Gasteiger partial charge on any atom is -0.506 e. The van der Waals surface area contributed by atoms with Gasteiger partial charge >= 0.3 is 0 Å². The topological polar surface area (TPSA) is 116 Å². The molecule has 1 aliphatic heterocycles. The second-order valence-electron chi connectivity index (χ2n) is 10.7. The number of benzene rings is 4. The lowest BCUT2D eigenvalue weighted by molar-refractivity contribution is -0.118. The Kier molecular flexibility index (Phi) is 6.71. The molecule has 8 nitrogen and oxygen atoms in total. The number of aromatic hydroxyl groups is 1. The molecule has 1 atom stereocenters. The van der Waals surface area contributed by atoms with Gasteiger partial charge in [-0.15, -0.1) is 0 Å². The minimum atomic E-state index is -0.867. The van der Waals surface area contributed by atoms with E-state index in [1.165, 1.54) is 0 Å². The van der Waals surface area contributed by atoms with E-state index in [2.05, 4.69) is 20.6 Å². The van der Waals surface area contributed by atoms with Crippen LogP contribution < -0.4 is 15.4 Å². The highest BCUT2D eigenvalue weighted by Gasteiger charge is 2.24. The number of hydrogen-bond donors (Lipinski definition) is 4. The van der Waals surface area contributed by atoms with Crippen molar-refractivity contribution in [2.45, 2.75) is 18.9 Å². The van der Waals surface area contributed by atoms with Crippen molar-refractivity contribution in [1.29, 1.82) is 0 Å². The van der Waals surface area contributed by atoms with Gasteiger partial charge in [0.05, 0.1) is 6.61 Å². The van der Waals surface area contributed by atoms with Gasteiger partial charge in [-0.1, -0.05) is 42.5 Å². The van der Waals surface area contributed by atoms with Crippen LogP contribution in [0.15, 0.2) is 103 Å². The second kappa shape index (κ2) is 11.0. The number of fused-ring (bicyclic) bond motifs is 3. The predicted octanol–water partition coefficient (Wildman–Crippen LogP) is 6.00. The summed E-state index contributed by atoms with van der Waals surface area (Å²) < 4.78 is 5.67. The van der Waals surface area contributed by atoms with E-state index >= 15 is 0 Å². The third-order valence-corrected chi connectivity index (χ3v) is 7.74. The second-order valence-corrected chi connectivity index (χ2v) is 10.7. The van der Waals surface area contributed by atoms with Gasteiger partial charge in [0, 0.05) is 53.0 Å². The molecule has 2 amide bonds. The van der Waals surface area contributed by atoms with E-state index in [-0.39, 0.29) is 24.0 Å². The van der Waals surface area contributed by atoms with Crippen molar-refractivity contribution in [1.82, 2.24) is 15.3 Å². The number of H-pyrrole nitrogens is 1. The van der Waals surface area contributed by atoms with E-state index in [4.69, 9.17) is 4.74 Å². The third-order valence-electron chi connectivity index (χ3n) is 7.74. The summed E-state index contributed by atoms with van der Waals surface area (Å²) in [5.41, 5.74) is 5.91. The van der Waals surface area contributed by atoms with Crippen LogP contribution in [0.4, 0.5) is 5.69 Å². The lowest BCUT2D eigenvalue weighted by Crippen LogP contribution is -2.45. The zero-order chi connectivity index (χ0) is 29.3. The minimum absolute atomic E-state index is 0.0648. The molecular formula is C35H28N4O4. The molecule has 8 heteroatoms. The molecule has 0 fully saturated rings. The van der Waals surface area contributed by atoms with E-state index in [0.717, 1.165) is 50.8 Å². The van der Waals surface area contributed by atoms with Gasteiger partial charge < -0.3 is 25.5 Å². The van der Waals surface area contributed by atoms with Crippen molar-refractivity contribution in [3.05, 3.63) is 120 Å². The summed E-state index contributed by atoms with van der Waals surface area (Å²) >= 11 is 0. The zero-order valence-corrected chi connectivity index (χ0v) is 23.1. The number of hydrogen-bond acceptors (Lipinski definition) is 5. The number of phenols is 1. The molecule has 1 unspecified atom stereocenters. The van der Waals surface area contributed by atoms with Crippen molar-refractivity contribution >= 4 is 39.3 Å². The Balaban J connectivity index is 1.16. The molecule has 6 aromatic rings. The molecule has 4 N–H and O–H groups in total. The van der Waals surface area contributed by atoms with E-state index < -0.39 is 6.04 Å². The average molecular weight is 569 g/mol. The highest BCUT2D eigenvalue weighted by Crippen LogP contribution is 2.31. The standard InChI is InChI=1S/C35H28N4O4/c40-31-18-26(16-24-8-4-13-36-33(24)31)22-6-3-7-25(15-22)34(41)39-30(19-28-17-23-5-1-2-9-29(23)37-28)35(42)38-27-11-10-21-12-14-43-32(21)20-27/h1-11,13,15-18,20,30,37,40H,12,14,19H2,(H,38,42)(H,39,41). The number of carbonyl (C=O) groups excluding carboxylic acids is 2. The van der Waals surface area contributed by atoms with Gasteiger partial charge in [-0.3, -0.25) is 14.6 Å². The number of phenolic OH excluding ortho intramolecular Hbond substituents is 1. The molecule has 2 aromatic heterocycles. The fourth-order valence-electron chi connectivity index (χ4n) is 5.57. The number of rotatable bonds is 7. The molecule has 0 saturated heterocycles. The Morgan fingerprint density at radius 3 is 2.70 bits per heavy atom. The first kappa shape index (κ1) is 26.3. The molecule has 0 saturated carbocycles. The first-order chi connectivity index (χ1) is 21.0. The maximum Gasteiger partial charge on any atom is 0.251 e. The van der Waals surface area contributed by atoms with Gasteiger partial charge in [-0.2, -0.15) is 0 Å². The van der Waals surface area contributed by atoms with E-state index in [1.54, 1.807) is 30.5 Å². The molecular weight excluding hydrogens is 540 g/mol. The van der Waals surface area contributed by atoms with Crippen LogP contribution in [0.25, 0.3) is 32.9 Å². The van der Waals surface area contributed by atoms with Gasteiger partial charge in [0.25, 0.3) is 5.91 Å². The Bertz CT molecular complexity index is 1980. The fraction of sp³-hybridized carbons (Fsp3) is 0.114. The summed E-state index contributed by atoms with van der Waals surface area (Å²) in [5, 5.41) is 18.3. The van der Waals surface area contributed by atoms with E-state index in [1.807, 2.05) is 72.8 Å². The fourth-order valence-corrected chi connectivity index (χ4v) is 5.57. The van der Waals surface area contributed by atoms with Crippen molar-refractivity contribution < 1.29 is 19.4 Å². The van der Waals surface area contributed by atoms with Crippen molar-refractivity contribution in [2.75, 3.05) is 11.9 Å². The van der Waals surface area contributed by atoms with E-state index in [9.17, 15) is 14.7 Å². The van der Waals surface area contributed by atoms with Crippen LogP contribution in [0, 0.1) is 0 Å². The first-order valence-electron chi connectivity index (χ1n) is 14.1. The Labute approximate surface area is 247 Å². The van der Waals surface area contributed by atoms with Crippen LogP contribution in [-0.2, 0) is 17.6 Å². The number of aromatic nitrogens is 2.